The average molecular weight is 516 g/mol. The summed E-state index contributed by atoms with van der Waals surface area (Å²) in [4.78, 5) is 53.7. The number of carbonyl (C=O) groups is 4. The zero-order valence-electron chi connectivity index (χ0n) is 22.0. The number of likely N-dealkylation sites (N-methyl/N-ethyl adjacent to an activating group) is 1. The molecule has 1 aromatic rings. The van der Waals surface area contributed by atoms with E-state index in [0.717, 1.165) is 57.2 Å². The van der Waals surface area contributed by atoms with Crippen LogP contribution in [0.4, 0.5) is 10.5 Å². The molecular weight excluding hydrogens is 474 g/mol. The highest BCUT2D eigenvalue weighted by Gasteiger charge is 2.31. The van der Waals surface area contributed by atoms with Gasteiger partial charge in [-0.1, -0.05) is 44.7 Å². The molecule has 37 heavy (non-hydrogen) atoms. The number of carboxylic acid groups (broad SMARTS) is 1. The number of nitrogens with one attached hydrogen (secondary N) is 3. The van der Waals surface area contributed by atoms with E-state index in [1.54, 1.807) is 24.0 Å². The summed E-state index contributed by atoms with van der Waals surface area (Å²) in [5, 5.41) is 17.4. The molecule has 4 amide bonds. The van der Waals surface area contributed by atoms with Gasteiger partial charge in [-0.25, -0.2) is 4.79 Å². The van der Waals surface area contributed by atoms with E-state index in [-0.39, 0.29) is 23.6 Å². The Morgan fingerprint density at radius 2 is 1.57 bits per heavy atom. The Hall–Kier alpha value is -3.14. The fourth-order valence-corrected chi connectivity index (χ4v) is 5.10. The van der Waals surface area contributed by atoms with E-state index in [1.165, 1.54) is 0 Å². The van der Waals surface area contributed by atoms with Gasteiger partial charge in [0.15, 0.2) is 0 Å². The summed E-state index contributed by atoms with van der Waals surface area (Å²) >= 11 is 0. The van der Waals surface area contributed by atoms with Crippen LogP contribution in [-0.4, -0.2) is 84.0 Å². The second-order valence-electron chi connectivity index (χ2n) is 10.2. The highest BCUT2D eigenvalue weighted by molar-refractivity contribution is 5.96. The minimum absolute atomic E-state index is 0.0265. The first-order chi connectivity index (χ1) is 17.8. The third kappa shape index (κ3) is 8.73. The summed E-state index contributed by atoms with van der Waals surface area (Å²) in [5.41, 5.74) is 1.41. The van der Waals surface area contributed by atoms with Crippen LogP contribution in [0.2, 0.25) is 0 Å². The zero-order valence-corrected chi connectivity index (χ0v) is 22.0. The molecule has 0 radical (unpaired) electrons. The van der Waals surface area contributed by atoms with Crippen LogP contribution in [-0.2, 0) is 20.8 Å². The van der Waals surface area contributed by atoms with Crippen molar-refractivity contribution in [3.63, 3.8) is 0 Å². The summed E-state index contributed by atoms with van der Waals surface area (Å²) in [6.45, 7) is 4.61. The number of nitrogens with zero attached hydrogens (tertiary/aromatic N) is 2. The maximum Gasteiger partial charge on any atom is 0.405 e. The number of anilines is 1. The van der Waals surface area contributed by atoms with Crippen LogP contribution < -0.4 is 16.0 Å². The topological polar surface area (TPSA) is 131 Å². The Morgan fingerprint density at radius 1 is 0.946 bits per heavy atom. The van der Waals surface area contributed by atoms with Crippen LogP contribution in [0.5, 0.6) is 0 Å². The first-order valence-corrected chi connectivity index (χ1v) is 13.4. The van der Waals surface area contributed by atoms with E-state index in [2.05, 4.69) is 20.9 Å². The standard InChI is InChI=1S/C27H41N5O5/c1-3-23(33)29-22(26(35)32-16-14-31(2)15-17-32)18-19-10-12-21(13-11-19)28-25(34)24(30-27(36)37)20-8-6-4-5-7-9-20/h10-13,20,22,24,30H,3-9,14-18H2,1-2H3,(H,28,34)(H,29,33)(H,36,37)/t22-,24+/m1/s1. The van der Waals surface area contributed by atoms with E-state index >= 15 is 0 Å². The van der Waals surface area contributed by atoms with Crippen molar-refractivity contribution in [3.05, 3.63) is 29.8 Å². The Labute approximate surface area is 219 Å². The van der Waals surface area contributed by atoms with Gasteiger partial charge in [-0.15, -0.1) is 0 Å². The summed E-state index contributed by atoms with van der Waals surface area (Å²) in [6, 6.07) is 5.68. The molecule has 1 heterocycles. The smallest absolute Gasteiger partial charge is 0.405 e. The molecule has 2 fully saturated rings. The molecule has 0 aromatic heterocycles. The van der Waals surface area contributed by atoms with E-state index in [4.69, 9.17) is 0 Å². The molecule has 1 aliphatic carbocycles. The summed E-state index contributed by atoms with van der Waals surface area (Å²) in [7, 11) is 2.02. The molecule has 10 nitrogen and oxygen atoms in total. The molecule has 204 valence electrons. The van der Waals surface area contributed by atoms with Crippen molar-refractivity contribution in [2.75, 3.05) is 38.5 Å². The molecule has 4 N–H and O–H groups in total. The SMILES string of the molecule is CCC(=O)N[C@H](Cc1ccc(NC(=O)[C@@H](NC(=O)O)C2CCCCCC2)cc1)C(=O)N1CCN(C)CC1. The summed E-state index contributed by atoms with van der Waals surface area (Å²) in [6.07, 6.45) is 5.28. The molecule has 1 saturated heterocycles. The van der Waals surface area contributed by atoms with Crippen LogP contribution in [0.3, 0.4) is 0 Å². The molecule has 0 unspecified atom stereocenters. The lowest BCUT2D eigenvalue weighted by Crippen LogP contribution is -2.54. The second-order valence-corrected chi connectivity index (χ2v) is 10.2. The minimum atomic E-state index is -1.20. The Kier molecular flexibility index (Phi) is 10.7. The molecule has 1 saturated carbocycles. The number of rotatable bonds is 9. The quantitative estimate of drug-likeness (QED) is 0.374. The first-order valence-electron chi connectivity index (χ1n) is 13.4. The van der Waals surface area contributed by atoms with Gasteiger partial charge in [-0.05, 0) is 43.5 Å². The van der Waals surface area contributed by atoms with Crippen molar-refractivity contribution in [2.24, 2.45) is 5.92 Å². The highest BCUT2D eigenvalue weighted by Crippen LogP contribution is 2.26. The predicted octanol–water partition coefficient (Wildman–Crippen LogP) is 2.44. The van der Waals surface area contributed by atoms with Crippen LogP contribution in [0.1, 0.15) is 57.4 Å². The third-order valence-electron chi connectivity index (χ3n) is 7.36. The van der Waals surface area contributed by atoms with Gasteiger partial charge in [-0.3, -0.25) is 14.4 Å². The first kappa shape index (κ1) is 28.4. The van der Waals surface area contributed by atoms with E-state index in [1.807, 2.05) is 19.2 Å². The van der Waals surface area contributed by atoms with Gasteiger partial charge in [0.05, 0.1) is 0 Å². The Morgan fingerprint density at radius 3 is 2.14 bits per heavy atom. The average Bonchev–Trinajstić information content (AvgIpc) is 3.17. The van der Waals surface area contributed by atoms with Crippen LogP contribution in [0, 0.1) is 5.92 Å². The molecule has 2 aliphatic rings. The van der Waals surface area contributed by atoms with Gasteiger partial charge in [-0.2, -0.15) is 0 Å². The molecule has 0 bridgehead atoms. The highest BCUT2D eigenvalue weighted by atomic mass is 16.4. The molecule has 2 atom stereocenters. The number of carbonyl (C=O) groups excluding carboxylic acids is 3. The van der Waals surface area contributed by atoms with Crippen molar-refractivity contribution >= 4 is 29.5 Å². The van der Waals surface area contributed by atoms with Crippen molar-refractivity contribution in [2.45, 2.75) is 70.4 Å². The Bertz CT molecular complexity index is 922. The van der Waals surface area contributed by atoms with Crippen molar-refractivity contribution < 1.29 is 24.3 Å². The summed E-state index contributed by atoms with van der Waals surface area (Å²) in [5.74, 6) is -0.646. The maximum atomic E-state index is 13.2. The van der Waals surface area contributed by atoms with E-state index in [9.17, 15) is 24.3 Å². The van der Waals surface area contributed by atoms with Crippen LogP contribution in [0.15, 0.2) is 24.3 Å². The van der Waals surface area contributed by atoms with Crippen LogP contribution >= 0.6 is 0 Å². The number of piperazine rings is 1. The van der Waals surface area contributed by atoms with Crippen LogP contribution in [0.25, 0.3) is 0 Å². The molecule has 0 spiro atoms. The largest absolute Gasteiger partial charge is 0.465 e. The molecular formula is C27H41N5O5. The monoisotopic (exact) mass is 515 g/mol. The van der Waals surface area contributed by atoms with Crippen molar-refractivity contribution in [1.29, 1.82) is 0 Å². The zero-order chi connectivity index (χ0) is 26.8. The maximum absolute atomic E-state index is 13.2. The fraction of sp³-hybridized carbons (Fsp3) is 0.630. The van der Waals surface area contributed by atoms with Gasteiger partial charge < -0.3 is 30.9 Å². The fourth-order valence-electron chi connectivity index (χ4n) is 5.10. The van der Waals surface area contributed by atoms with Gasteiger partial charge >= 0.3 is 6.09 Å². The van der Waals surface area contributed by atoms with E-state index in [0.29, 0.717) is 31.6 Å². The predicted molar refractivity (Wildman–Crippen MR) is 141 cm³/mol. The van der Waals surface area contributed by atoms with Gasteiger partial charge in [0.2, 0.25) is 17.7 Å². The lowest BCUT2D eigenvalue weighted by atomic mass is 9.91. The van der Waals surface area contributed by atoms with Gasteiger partial charge in [0.25, 0.3) is 0 Å². The van der Waals surface area contributed by atoms with Gasteiger partial charge in [0, 0.05) is 44.7 Å². The number of hydrogen-bond donors (Lipinski definition) is 4. The summed E-state index contributed by atoms with van der Waals surface area (Å²) < 4.78 is 0. The minimum Gasteiger partial charge on any atom is -0.465 e. The number of hydrogen-bond acceptors (Lipinski definition) is 5. The van der Waals surface area contributed by atoms with Crippen molar-refractivity contribution in [1.82, 2.24) is 20.4 Å². The molecule has 1 aromatic carbocycles. The molecule has 1 aliphatic heterocycles. The lowest BCUT2D eigenvalue weighted by molar-refractivity contribution is -0.137. The molecule has 10 heteroatoms. The van der Waals surface area contributed by atoms with Crippen molar-refractivity contribution in [3.8, 4) is 0 Å². The van der Waals surface area contributed by atoms with Gasteiger partial charge in [0.1, 0.15) is 12.1 Å². The lowest BCUT2D eigenvalue weighted by Gasteiger charge is -2.34. The number of benzene rings is 1. The van der Waals surface area contributed by atoms with E-state index < -0.39 is 18.2 Å². The number of amides is 4. The normalized spacial score (nSPS) is 18.8. The molecule has 3 rings (SSSR count). The third-order valence-corrected chi connectivity index (χ3v) is 7.36. The second kappa shape index (κ2) is 14.0. The Balaban J connectivity index is 1.65.